The van der Waals surface area contributed by atoms with Crippen LogP contribution < -0.4 is 0 Å². The second kappa shape index (κ2) is 7.47. The highest BCUT2D eigenvalue weighted by molar-refractivity contribution is 5.19. The number of halogens is 2. The van der Waals surface area contributed by atoms with Gasteiger partial charge in [0, 0.05) is 6.42 Å². The highest BCUT2D eigenvalue weighted by atomic mass is 19.1. The summed E-state index contributed by atoms with van der Waals surface area (Å²) in [5.41, 5.74) is 0.262. The molecule has 1 nitrogen and oxygen atoms in total. The van der Waals surface area contributed by atoms with E-state index in [9.17, 15) is 13.9 Å². The summed E-state index contributed by atoms with van der Waals surface area (Å²) in [6.07, 6.45) is 3.52. The predicted molar refractivity (Wildman–Crippen MR) is 69.4 cm³/mol. The third kappa shape index (κ3) is 4.37. The molecule has 0 aliphatic rings. The number of aliphatic hydroxyl groups is 1. The molecule has 0 radical (unpaired) electrons. The normalized spacial score (nSPS) is 14.5. The van der Waals surface area contributed by atoms with Gasteiger partial charge in [-0.2, -0.15) is 0 Å². The van der Waals surface area contributed by atoms with E-state index in [0.29, 0.717) is 0 Å². The molecule has 1 rings (SSSR count). The molecule has 1 aromatic rings. The van der Waals surface area contributed by atoms with E-state index in [4.69, 9.17) is 0 Å². The van der Waals surface area contributed by atoms with Crippen molar-refractivity contribution < 1.29 is 13.9 Å². The van der Waals surface area contributed by atoms with Crippen LogP contribution in [0.15, 0.2) is 18.2 Å². The van der Waals surface area contributed by atoms with Crippen molar-refractivity contribution >= 4 is 0 Å². The zero-order valence-electron chi connectivity index (χ0n) is 11.1. The molecule has 3 heteroatoms. The van der Waals surface area contributed by atoms with Gasteiger partial charge in [-0.1, -0.05) is 33.1 Å². The molecule has 0 aliphatic carbocycles. The molecule has 2 unspecified atom stereocenters. The highest BCUT2D eigenvalue weighted by Gasteiger charge is 2.19. The van der Waals surface area contributed by atoms with Crippen LogP contribution in [0.2, 0.25) is 0 Å². The van der Waals surface area contributed by atoms with Crippen molar-refractivity contribution in [3.8, 4) is 0 Å². The minimum atomic E-state index is -0.599. The number of hydrogen-bond donors (Lipinski definition) is 1. The predicted octanol–water partition coefficient (Wildman–Crippen LogP) is 4.08. The van der Waals surface area contributed by atoms with Crippen molar-refractivity contribution in [2.45, 2.75) is 52.1 Å². The smallest absolute Gasteiger partial charge is 0.126 e. The van der Waals surface area contributed by atoms with Gasteiger partial charge in [0.1, 0.15) is 11.6 Å². The molecule has 0 amide bonds. The molecule has 0 saturated heterocycles. The third-order valence-electron chi connectivity index (χ3n) is 3.43. The molecular weight excluding hydrogens is 234 g/mol. The summed E-state index contributed by atoms with van der Waals surface area (Å²) in [6, 6.07) is 3.38. The van der Waals surface area contributed by atoms with Crippen LogP contribution in [-0.4, -0.2) is 11.2 Å². The molecule has 0 spiro atoms. The molecule has 0 aromatic heterocycles. The maximum Gasteiger partial charge on any atom is 0.126 e. The van der Waals surface area contributed by atoms with Gasteiger partial charge in [0.25, 0.3) is 0 Å². The monoisotopic (exact) mass is 256 g/mol. The van der Waals surface area contributed by atoms with Gasteiger partial charge in [-0.15, -0.1) is 0 Å². The van der Waals surface area contributed by atoms with E-state index in [1.54, 1.807) is 0 Å². The fourth-order valence-electron chi connectivity index (χ4n) is 2.23. The lowest BCUT2D eigenvalue weighted by Crippen LogP contribution is -2.23. The molecule has 18 heavy (non-hydrogen) atoms. The Morgan fingerprint density at radius 3 is 2.56 bits per heavy atom. The van der Waals surface area contributed by atoms with E-state index in [1.165, 1.54) is 6.07 Å². The Morgan fingerprint density at radius 2 is 1.94 bits per heavy atom. The zero-order valence-corrected chi connectivity index (χ0v) is 11.1. The molecule has 1 aromatic carbocycles. The van der Waals surface area contributed by atoms with Gasteiger partial charge >= 0.3 is 0 Å². The molecule has 0 saturated carbocycles. The largest absolute Gasteiger partial charge is 0.392 e. The minimum absolute atomic E-state index is 0.160. The van der Waals surface area contributed by atoms with Gasteiger partial charge < -0.3 is 5.11 Å². The van der Waals surface area contributed by atoms with Gasteiger partial charge in [-0.05, 0) is 36.1 Å². The number of benzene rings is 1. The lowest BCUT2D eigenvalue weighted by atomic mass is 9.89. The van der Waals surface area contributed by atoms with Crippen molar-refractivity contribution in [1.29, 1.82) is 0 Å². The van der Waals surface area contributed by atoms with Crippen LogP contribution in [0.4, 0.5) is 8.78 Å². The number of unbranched alkanes of at least 4 members (excludes halogenated alkanes) is 1. The van der Waals surface area contributed by atoms with E-state index < -0.39 is 17.7 Å². The Morgan fingerprint density at radius 1 is 1.22 bits per heavy atom. The van der Waals surface area contributed by atoms with Gasteiger partial charge in [-0.3, -0.25) is 0 Å². The van der Waals surface area contributed by atoms with Gasteiger partial charge in [-0.25, -0.2) is 8.78 Å². The fourth-order valence-corrected chi connectivity index (χ4v) is 2.23. The van der Waals surface area contributed by atoms with Crippen LogP contribution in [0.25, 0.3) is 0 Å². The minimum Gasteiger partial charge on any atom is -0.392 e. The van der Waals surface area contributed by atoms with Crippen molar-refractivity contribution in [3.05, 3.63) is 35.4 Å². The van der Waals surface area contributed by atoms with E-state index in [2.05, 4.69) is 6.92 Å². The Balaban J connectivity index is 2.66. The summed E-state index contributed by atoms with van der Waals surface area (Å²) >= 11 is 0. The zero-order chi connectivity index (χ0) is 13.5. The summed E-state index contributed by atoms with van der Waals surface area (Å²) in [5.74, 6) is -0.742. The molecule has 1 N–H and O–H groups in total. The number of hydrogen-bond acceptors (Lipinski definition) is 1. The average Bonchev–Trinajstić information content (AvgIpc) is 2.35. The first-order chi connectivity index (χ1) is 8.58. The van der Waals surface area contributed by atoms with Crippen LogP contribution in [0.1, 0.15) is 45.1 Å². The second-order valence-electron chi connectivity index (χ2n) is 4.82. The Bertz CT molecular complexity index is 366. The quantitative estimate of drug-likeness (QED) is 0.779. The van der Waals surface area contributed by atoms with E-state index in [0.717, 1.165) is 37.8 Å². The lowest BCUT2D eigenvalue weighted by molar-refractivity contribution is 0.0978. The first kappa shape index (κ1) is 15.1. The molecule has 102 valence electrons. The van der Waals surface area contributed by atoms with Gasteiger partial charge in [0.05, 0.1) is 6.10 Å². The summed E-state index contributed by atoms with van der Waals surface area (Å²) in [4.78, 5) is 0. The Labute approximate surface area is 108 Å². The van der Waals surface area contributed by atoms with Crippen LogP contribution in [-0.2, 0) is 6.42 Å². The van der Waals surface area contributed by atoms with Crippen molar-refractivity contribution in [1.82, 2.24) is 0 Å². The van der Waals surface area contributed by atoms with E-state index in [1.807, 2.05) is 6.92 Å². The second-order valence-corrected chi connectivity index (χ2v) is 4.82. The average molecular weight is 256 g/mol. The van der Waals surface area contributed by atoms with Gasteiger partial charge in [0.15, 0.2) is 0 Å². The SMILES string of the molecule is CCCCC(CC)C(O)Cc1cc(F)ccc1F. The standard InChI is InChI=1S/C15H22F2O/c1-3-5-6-11(4-2)15(18)10-12-9-13(16)7-8-14(12)17/h7-9,11,15,18H,3-6,10H2,1-2H3. The molecule has 0 heterocycles. The van der Waals surface area contributed by atoms with Gasteiger partial charge in [0.2, 0.25) is 0 Å². The summed E-state index contributed by atoms with van der Waals surface area (Å²) in [7, 11) is 0. The number of aliphatic hydroxyl groups excluding tert-OH is 1. The summed E-state index contributed by atoms with van der Waals surface area (Å²) < 4.78 is 26.5. The van der Waals surface area contributed by atoms with Crippen LogP contribution >= 0.6 is 0 Å². The first-order valence-corrected chi connectivity index (χ1v) is 6.70. The highest BCUT2D eigenvalue weighted by Crippen LogP contribution is 2.21. The lowest BCUT2D eigenvalue weighted by Gasteiger charge is -2.21. The van der Waals surface area contributed by atoms with E-state index >= 15 is 0 Å². The topological polar surface area (TPSA) is 20.2 Å². The van der Waals surface area contributed by atoms with Crippen molar-refractivity contribution in [3.63, 3.8) is 0 Å². The summed E-state index contributed by atoms with van der Waals surface area (Å²) in [5, 5.41) is 10.1. The third-order valence-corrected chi connectivity index (χ3v) is 3.43. The van der Waals surface area contributed by atoms with Crippen molar-refractivity contribution in [2.75, 3.05) is 0 Å². The van der Waals surface area contributed by atoms with Crippen LogP contribution in [0, 0.1) is 17.6 Å². The maximum absolute atomic E-state index is 13.5. The molecule has 0 fully saturated rings. The fraction of sp³-hybridized carbons (Fsp3) is 0.600. The molecule has 0 aliphatic heterocycles. The Hall–Kier alpha value is -0.960. The van der Waals surface area contributed by atoms with E-state index in [-0.39, 0.29) is 17.9 Å². The van der Waals surface area contributed by atoms with Crippen LogP contribution in [0.5, 0.6) is 0 Å². The Kier molecular flexibility index (Phi) is 6.27. The number of rotatable bonds is 7. The molecule has 0 bridgehead atoms. The molecule has 2 atom stereocenters. The maximum atomic E-state index is 13.5. The van der Waals surface area contributed by atoms with Crippen LogP contribution in [0.3, 0.4) is 0 Å². The first-order valence-electron chi connectivity index (χ1n) is 6.70. The molecular formula is C15H22F2O. The van der Waals surface area contributed by atoms with Crippen molar-refractivity contribution in [2.24, 2.45) is 5.92 Å². The summed E-state index contributed by atoms with van der Waals surface area (Å²) in [6.45, 7) is 4.12.